The van der Waals surface area contributed by atoms with Crippen molar-refractivity contribution in [3.05, 3.63) is 65.3 Å². The van der Waals surface area contributed by atoms with Crippen LogP contribution in [0.1, 0.15) is 25.8 Å². The smallest absolute Gasteiger partial charge is 0.269 e. The molecule has 9 heteroatoms. The molecule has 3 heterocycles. The van der Waals surface area contributed by atoms with Gasteiger partial charge in [0.25, 0.3) is 5.91 Å². The minimum atomic E-state index is -0.205. The number of carbonyl (C=O) groups excluding carboxylic acids is 2. The number of carbonyl (C=O) groups is 2. The topological polar surface area (TPSA) is 92.1 Å². The van der Waals surface area contributed by atoms with E-state index in [1.54, 1.807) is 29.9 Å². The maximum atomic E-state index is 12.3. The Labute approximate surface area is 201 Å². The van der Waals surface area contributed by atoms with E-state index in [0.717, 1.165) is 16.7 Å². The van der Waals surface area contributed by atoms with Crippen molar-refractivity contribution >= 4 is 17.7 Å². The molecule has 0 spiro atoms. The summed E-state index contributed by atoms with van der Waals surface area (Å²) in [6.45, 7) is 9.25. The average molecular weight is 467 g/mol. The van der Waals surface area contributed by atoms with Gasteiger partial charge in [0.2, 0.25) is 11.8 Å². The number of hydrogen-bond acceptors (Lipinski definition) is 6. The zero-order valence-corrected chi connectivity index (χ0v) is 20.8. The SMILES string of the molecule is C=C(N=C(OC(C)C1CNC(=O)C1)c1cnn(C)c1)C(C)=CC=C1C=C(C(=O)N(C)C)N(C)C1. The number of hydrogen-bond donors (Lipinski definition) is 1. The fourth-order valence-electron chi connectivity index (χ4n) is 3.71. The lowest BCUT2D eigenvalue weighted by Gasteiger charge is -2.20. The molecule has 2 amide bonds. The molecule has 0 saturated carbocycles. The van der Waals surface area contributed by atoms with Crippen LogP contribution in [-0.4, -0.2) is 77.6 Å². The number of ether oxygens (including phenoxy) is 1. The van der Waals surface area contributed by atoms with E-state index in [1.165, 1.54) is 0 Å². The Morgan fingerprint density at radius 1 is 1.41 bits per heavy atom. The summed E-state index contributed by atoms with van der Waals surface area (Å²) >= 11 is 0. The fourth-order valence-corrected chi connectivity index (χ4v) is 3.71. The van der Waals surface area contributed by atoms with E-state index in [-0.39, 0.29) is 23.8 Å². The second-order valence-corrected chi connectivity index (χ2v) is 9.03. The first-order chi connectivity index (χ1) is 16.0. The highest BCUT2D eigenvalue weighted by Crippen LogP contribution is 2.22. The third-order valence-electron chi connectivity index (χ3n) is 5.94. The van der Waals surface area contributed by atoms with Crippen LogP contribution in [0.3, 0.4) is 0 Å². The molecule has 0 aromatic carbocycles. The Balaban J connectivity index is 1.78. The van der Waals surface area contributed by atoms with Gasteiger partial charge < -0.3 is 19.9 Å². The molecule has 0 bridgehead atoms. The van der Waals surface area contributed by atoms with Gasteiger partial charge in [-0.3, -0.25) is 14.3 Å². The molecule has 1 aromatic rings. The number of aryl methyl sites for hydroxylation is 1. The van der Waals surface area contributed by atoms with Gasteiger partial charge in [-0.1, -0.05) is 18.7 Å². The number of aromatic nitrogens is 2. The van der Waals surface area contributed by atoms with Crippen LogP contribution in [0.4, 0.5) is 0 Å². The monoisotopic (exact) mass is 466 g/mol. The van der Waals surface area contributed by atoms with E-state index < -0.39 is 0 Å². The summed E-state index contributed by atoms with van der Waals surface area (Å²) in [5.74, 6) is 0.518. The second kappa shape index (κ2) is 10.5. The number of rotatable bonds is 7. The molecule has 0 radical (unpaired) electrons. The van der Waals surface area contributed by atoms with Gasteiger partial charge in [0, 0.05) is 59.8 Å². The Bertz CT molecular complexity index is 1090. The van der Waals surface area contributed by atoms with Gasteiger partial charge in [0.05, 0.1) is 17.5 Å². The first-order valence-corrected chi connectivity index (χ1v) is 11.3. The van der Waals surface area contributed by atoms with Crippen LogP contribution in [0.25, 0.3) is 0 Å². The number of nitrogens with zero attached hydrogens (tertiary/aromatic N) is 5. The minimum absolute atomic E-state index is 0.0212. The maximum Gasteiger partial charge on any atom is 0.269 e. The lowest BCUT2D eigenvalue weighted by Crippen LogP contribution is -2.30. The van der Waals surface area contributed by atoms with Crippen LogP contribution in [0.15, 0.2) is 64.7 Å². The molecule has 2 aliphatic rings. The Hall–Kier alpha value is -3.62. The van der Waals surface area contributed by atoms with Crippen LogP contribution in [0, 0.1) is 5.92 Å². The van der Waals surface area contributed by atoms with Gasteiger partial charge in [-0.15, -0.1) is 0 Å². The van der Waals surface area contributed by atoms with Crippen molar-refractivity contribution in [2.24, 2.45) is 18.0 Å². The zero-order chi connectivity index (χ0) is 25.0. The van der Waals surface area contributed by atoms with Crippen molar-refractivity contribution in [1.82, 2.24) is 24.9 Å². The normalized spacial score (nSPS) is 20.9. The third kappa shape index (κ3) is 6.03. The summed E-state index contributed by atoms with van der Waals surface area (Å²) in [5, 5.41) is 7.08. The van der Waals surface area contributed by atoms with E-state index in [0.29, 0.717) is 36.8 Å². The summed E-state index contributed by atoms with van der Waals surface area (Å²) in [7, 11) is 7.22. The van der Waals surface area contributed by atoms with Crippen LogP contribution >= 0.6 is 0 Å². The number of allylic oxidation sites excluding steroid dienone is 3. The van der Waals surface area contributed by atoms with E-state index >= 15 is 0 Å². The fraction of sp³-hybridized carbons (Fsp3) is 0.440. The average Bonchev–Trinajstić information content (AvgIpc) is 3.50. The van der Waals surface area contributed by atoms with Crippen molar-refractivity contribution in [1.29, 1.82) is 0 Å². The molecule has 1 N–H and O–H groups in total. The van der Waals surface area contributed by atoms with Crippen molar-refractivity contribution in [3.8, 4) is 0 Å². The summed E-state index contributed by atoms with van der Waals surface area (Å²) in [5.41, 5.74) is 3.86. The summed E-state index contributed by atoms with van der Waals surface area (Å²) in [4.78, 5) is 32.1. The molecule has 2 unspecified atom stereocenters. The van der Waals surface area contributed by atoms with Crippen molar-refractivity contribution in [3.63, 3.8) is 0 Å². The van der Waals surface area contributed by atoms with E-state index in [4.69, 9.17) is 4.74 Å². The molecule has 1 fully saturated rings. The molecule has 182 valence electrons. The standard InChI is InChI=1S/C25H34N6O3/c1-16(8-9-19-10-22(30(6)14-19)25(33)29(4)5)17(2)28-24(21-13-27-31(7)15-21)34-18(3)20-11-23(32)26-12-20/h8-10,13,15,18,20H,2,11-12,14H2,1,3-7H3,(H,26,32). The zero-order valence-electron chi connectivity index (χ0n) is 20.8. The lowest BCUT2D eigenvalue weighted by molar-refractivity contribution is -0.126. The Morgan fingerprint density at radius 3 is 2.74 bits per heavy atom. The van der Waals surface area contributed by atoms with E-state index in [9.17, 15) is 9.59 Å². The van der Waals surface area contributed by atoms with E-state index in [2.05, 4.69) is 22.0 Å². The molecular formula is C25H34N6O3. The number of nitrogens with one attached hydrogen (secondary N) is 1. The van der Waals surface area contributed by atoms with E-state index in [1.807, 2.05) is 57.3 Å². The predicted molar refractivity (Wildman–Crippen MR) is 132 cm³/mol. The molecule has 9 nitrogen and oxygen atoms in total. The van der Waals surface area contributed by atoms with Gasteiger partial charge in [-0.05, 0) is 31.1 Å². The van der Waals surface area contributed by atoms with Gasteiger partial charge in [-0.2, -0.15) is 5.10 Å². The quantitative estimate of drug-likeness (QED) is 0.377. The van der Waals surface area contributed by atoms with Gasteiger partial charge in [-0.25, -0.2) is 4.99 Å². The molecule has 34 heavy (non-hydrogen) atoms. The largest absolute Gasteiger partial charge is 0.474 e. The van der Waals surface area contributed by atoms with Crippen LogP contribution in [0.2, 0.25) is 0 Å². The summed E-state index contributed by atoms with van der Waals surface area (Å²) in [6.07, 6.45) is 9.59. The van der Waals surface area contributed by atoms with Crippen molar-refractivity contribution in [2.45, 2.75) is 26.4 Å². The Kier molecular flexibility index (Phi) is 7.75. The second-order valence-electron chi connectivity index (χ2n) is 9.03. The molecule has 0 aliphatic carbocycles. The number of aliphatic imine (C=N–C) groups is 1. The minimum Gasteiger partial charge on any atom is -0.474 e. The van der Waals surface area contributed by atoms with Gasteiger partial charge in [0.1, 0.15) is 11.8 Å². The predicted octanol–water partition coefficient (Wildman–Crippen LogP) is 2.01. The molecule has 1 aromatic heterocycles. The van der Waals surface area contributed by atoms with Crippen LogP contribution in [-0.2, 0) is 21.4 Å². The van der Waals surface area contributed by atoms with Gasteiger partial charge >= 0.3 is 0 Å². The highest BCUT2D eigenvalue weighted by molar-refractivity contribution is 5.95. The van der Waals surface area contributed by atoms with Crippen molar-refractivity contribution < 1.29 is 14.3 Å². The highest BCUT2D eigenvalue weighted by Gasteiger charge is 2.29. The van der Waals surface area contributed by atoms with Gasteiger partial charge in [0.15, 0.2) is 0 Å². The number of likely N-dealkylation sites (N-methyl/N-ethyl adjacent to an activating group) is 2. The molecular weight excluding hydrogens is 432 g/mol. The first kappa shape index (κ1) is 25.0. The summed E-state index contributed by atoms with van der Waals surface area (Å²) in [6, 6.07) is 0. The summed E-state index contributed by atoms with van der Waals surface area (Å²) < 4.78 is 7.89. The van der Waals surface area contributed by atoms with Crippen molar-refractivity contribution in [2.75, 3.05) is 34.2 Å². The third-order valence-corrected chi connectivity index (χ3v) is 5.94. The first-order valence-electron chi connectivity index (χ1n) is 11.3. The molecule has 3 rings (SSSR count). The van der Waals surface area contributed by atoms with Crippen LogP contribution in [0.5, 0.6) is 0 Å². The lowest BCUT2D eigenvalue weighted by atomic mass is 10.0. The van der Waals surface area contributed by atoms with Crippen LogP contribution < -0.4 is 5.32 Å². The molecule has 2 aliphatic heterocycles. The molecule has 1 saturated heterocycles. The highest BCUT2D eigenvalue weighted by atomic mass is 16.5. The number of amides is 2. The molecule has 2 atom stereocenters. The maximum absolute atomic E-state index is 12.3. The Morgan fingerprint density at radius 2 is 2.15 bits per heavy atom.